The third-order valence-electron chi connectivity index (χ3n) is 2.59. The number of rotatable bonds is 5. The van der Waals surface area contributed by atoms with Crippen molar-refractivity contribution in [1.82, 2.24) is 10.3 Å². The van der Waals surface area contributed by atoms with E-state index >= 15 is 0 Å². The third kappa shape index (κ3) is 3.27. The van der Waals surface area contributed by atoms with Crippen molar-refractivity contribution in [1.29, 1.82) is 0 Å². The van der Waals surface area contributed by atoms with Crippen LogP contribution in [0.1, 0.15) is 36.3 Å². The molecule has 1 aromatic heterocycles. The van der Waals surface area contributed by atoms with E-state index in [0.29, 0.717) is 12.6 Å². The Balaban J connectivity index is 2.76. The van der Waals surface area contributed by atoms with Crippen LogP contribution < -0.4 is 5.32 Å². The molecule has 1 N–H and O–H groups in total. The highest BCUT2D eigenvalue weighted by Crippen LogP contribution is 2.27. The average Bonchev–Trinajstić information content (AvgIpc) is 2.47. The minimum Gasteiger partial charge on any atom is -0.383 e. The molecule has 0 spiro atoms. The van der Waals surface area contributed by atoms with Crippen molar-refractivity contribution >= 4 is 11.3 Å². The lowest BCUT2D eigenvalue weighted by Gasteiger charge is -2.28. The van der Waals surface area contributed by atoms with E-state index in [2.05, 4.69) is 44.9 Å². The molecule has 0 bridgehead atoms. The van der Waals surface area contributed by atoms with Gasteiger partial charge in [-0.05, 0) is 34.6 Å². The number of hydrogen-bond acceptors (Lipinski definition) is 4. The maximum Gasteiger partial charge on any atom is 0.113 e. The number of hydrogen-bond donors (Lipinski definition) is 1. The number of nitrogens with one attached hydrogen (secondary N) is 1. The Kier molecular flexibility index (Phi) is 4.47. The summed E-state index contributed by atoms with van der Waals surface area (Å²) in [6, 6.07) is 0.324. The Bertz CT molecular complexity index is 327. The van der Waals surface area contributed by atoms with Gasteiger partial charge in [-0.25, -0.2) is 4.98 Å². The molecule has 0 aliphatic heterocycles. The lowest BCUT2D eigenvalue weighted by molar-refractivity contribution is 0.156. The molecule has 1 aromatic rings. The van der Waals surface area contributed by atoms with E-state index in [1.165, 1.54) is 4.88 Å². The van der Waals surface area contributed by atoms with Gasteiger partial charge >= 0.3 is 0 Å². The molecule has 1 atom stereocenters. The van der Waals surface area contributed by atoms with Gasteiger partial charge in [-0.15, -0.1) is 11.3 Å². The summed E-state index contributed by atoms with van der Waals surface area (Å²) in [7, 11) is 1.73. The van der Waals surface area contributed by atoms with Crippen molar-refractivity contribution in [2.75, 3.05) is 13.7 Å². The zero-order valence-corrected chi connectivity index (χ0v) is 11.9. The largest absolute Gasteiger partial charge is 0.383 e. The Labute approximate surface area is 102 Å². The molecule has 16 heavy (non-hydrogen) atoms. The number of nitrogens with zero attached hydrogens (tertiary/aromatic N) is 1. The first-order valence-corrected chi connectivity index (χ1v) is 6.39. The highest BCUT2D eigenvalue weighted by Gasteiger charge is 2.26. The van der Waals surface area contributed by atoms with Gasteiger partial charge < -0.3 is 10.1 Å². The van der Waals surface area contributed by atoms with Gasteiger partial charge in [0.05, 0.1) is 17.8 Å². The third-order valence-corrected chi connectivity index (χ3v) is 3.98. The number of ether oxygens (including phenoxy) is 1. The second-order valence-corrected chi connectivity index (χ2v) is 5.99. The normalized spacial score (nSPS) is 14.1. The predicted octanol–water partition coefficient (Wildman–Crippen LogP) is 2.62. The maximum absolute atomic E-state index is 5.13. The van der Waals surface area contributed by atoms with Crippen LogP contribution in [0.2, 0.25) is 0 Å². The molecule has 1 unspecified atom stereocenters. The SMILES string of the molecule is COCC(C)NC(C)(C)c1nc(C)c(C)s1. The van der Waals surface area contributed by atoms with Crippen LogP contribution in [0.4, 0.5) is 0 Å². The second kappa shape index (κ2) is 5.25. The van der Waals surface area contributed by atoms with Gasteiger partial charge in [0.15, 0.2) is 0 Å². The van der Waals surface area contributed by atoms with E-state index in [1.54, 1.807) is 18.4 Å². The zero-order valence-electron chi connectivity index (χ0n) is 11.0. The Hall–Kier alpha value is -0.450. The summed E-state index contributed by atoms with van der Waals surface area (Å²) in [6.07, 6.45) is 0. The fourth-order valence-electron chi connectivity index (χ4n) is 1.71. The van der Waals surface area contributed by atoms with E-state index in [0.717, 1.165) is 10.7 Å². The highest BCUT2D eigenvalue weighted by molar-refractivity contribution is 7.11. The first kappa shape index (κ1) is 13.6. The zero-order chi connectivity index (χ0) is 12.3. The number of aromatic nitrogens is 1. The lowest BCUT2D eigenvalue weighted by atomic mass is 10.1. The van der Waals surface area contributed by atoms with E-state index in [1.807, 2.05) is 0 Å². The fourth-order valence-corrected chi connectivity index (χ4v) is 2.69. The van der Waals surface area contributed by atoms with Crippen LogP contribution in [-0.2, 0) is 10.3 Å². The van der Waals surface area contributed by atoms with E-state index in [4.69, 9.17) is 4.74 Å². The second-order valence-electron chi connectivity index (χ2n) is 4.79. The minimum atomic E-state index is -0.0956. The summed E-state index contributed by atoms with van der Waals surface area (Å²) in [5.41, 5.74) is 1.04. The number of thiazole rings is 1. The molecule has 0 aliphatic rings. The van der Waals surface area contributed by atoms with Crippen LogP contribution in [0.15, 0.2) is 0 Å². The molecule has 3 nitrogen and oxygen atoms in total. The highest BCUT2D eigenvalue weighted by atomic mass is 32.1. The summed E-state index contributed by atoms with van der Waals surface area (Å²) in [6.45, 7) is 11.3. The molecular weight excluding hydrogens is 220 g/mol. The molecule has 1 rings (SSSR count). The quantitative estimate of drug-likeness (QED) is 0.862. The van der Waals surface area contributed by atoms with Crippen LogP contribution in [0, 0.1) is 13.8 Å². The van der Waals surface area contributed by atoms with Gasteiger partial charge in [0.2, 0.25) is 0 Å². The van der Waals surface area contributed by atoms with Crippen LogP contribution in [0.3, 0.4) is 0 Å². The van der Waals surface area contributed by atoms with E-state index in [9.17, 15) is 0 Å². The molecular formula is C12H22N2OS. The number of aryl methyl sites for hydroxylation is 2. The van der Waals surface area contributed by atoms with Crippen LogP contribution >= 0.6 is 11.3 Å². The Morgan fingerprint density at radius 1 is 1.44 bits per heavy atom. The maximum atomic E-state index is 5.13. The van der Waals surface area contributed by atoms with Gasteiger partial charge in [0, 0.05) is 18.0 Å². The molecule has 1 heterocycles. The molecule has 0 saturated heterocycles. The van der Waals surface area contributed by atoms with Crippen molar-refractivity contribution in [3.63, 3.8) is 0 Å². The standard InChI is InChI=1S/C12H22N2OS/c1-8(7-15-6)14-12(4,5)11-13-9(2)10(3)16-11/h8,14H,7H2,1-6H3. The summed E-state index contributed by atoms with van der Waals surface area (Å²) in [5.74, 6) is 0. The van der Waals surface area contributed by atoms with E-state index < -0.39 is 0 Å². The molecule has 0 radical (unpaired) electrons. The Morgan fingerprint density at radius 3 is 2.50 bits per heavy atom. The van der Waals surface area contributed by atoms with Gasteiger partial charge in [-0.2, -0.15) is 0 Å². The minimum absolute atomic E-state index is 0.0956. The lowest BCUT2D eigenvalue weighted by Crippen LogP contribution is -2.44. The molecule has 0 fully saturated rings. The molecule has 0 saturated carbocycles. The summed E-state index contributed by atoms with van der Waals surface area (Å²) < 4.78 is 5.13. The summed E-state index contributed by atoms with van der Waals surface area (Å²) in [4.78, 5) is 5.91. The topological polar surface area (TPSA) is 34.1 Å². The fraction of sp³-hybridized carbons (Fsp3) is 0.750. The van der Waals surface area contributed by atoms with Gasteiger partial charge in [-0.1, -0.05) is 0 Å². The first-order chi connectivity index (χ1) is 7.36. The predicted molar refractivity (Wildman–Crippen MR) is 69.1 cm³/mol. The van der Waals surface area contributed by atoms with Crippen molar-refractivity contribution in [3.8, 4) is 0 Å². The molecule has 0 amide bonds. The molecule has 92 valence electrons. The molecule has 4 heteroatoms. The summed E-state index contributed by atoms with van der Waals surface area (Å²) in [5, 5.41) is 4.68. The van der Waals surface area contributed by atoms with Crippen molar-refractivity contribution in [3.05, 3.63) is 15.6 Å². The first-order valence-electron chi connectivity index (χ1n) is 5.58. The molecule has 0 aliphatic carbocycles. The average molecular weight is 242 g/mol. The summed E-state index contributed by atoms with van der Waals surface area (Å²) >= 11 is 1.77. The Morgan fingerprint density at radius 2 is 2.06 bits per heavy atom. The van der Waals surface area contributed by atoms with Gasteiger partial charge in [-0.3, -0.25) is 0 Å². The van der Waals surface area contributed by atoms with Crippen LogP contribution in [0.25, 0.3) is 0 Å². The van der Waals surface area contributed by atoms with Crippen LogP contribution in [0.5, 0.6) is 0 Å². The molecule has 0 aromatic carbocycles. The number of methoxy groups -OCH3 is 1. The monoisotopic (exact) mass is 242 g/mol. The van der Waals surface area contributed by atoms with Crippen molar-refractivity contribution in [2.24, 2.45) is 0 Å². The van der Waals surface area contributed by atoms with E-state index in [-0.39, 0.29) is 5.54 Å². The van der Waals surface area contributed by atoms with Crippen molar-refractivity contribution < 1.29 is 4.74 Å². The van der Waals surface area contributed by atoms with Gasteiger partial charge in [0.25, 0.3) is 0 Å². The van der Waals surface area contributed by atoms with Crippen LogP contribution in [-0.4, -0.2) is 24.7 Å². The van der Waals surface area contributed by atoms with Gasteiger partial charge in [0.1, 0.15) is 5.01 Å². The van der Waals surface area contributed by atoms with Crippen molar-refractivity contribution in [2.45, 2.75) is 46.2 Å². The smallest absolute Gasteiger partial charge is 0.113 e.